The van der Waals surface area contributed by atoms with Crippen molar-refractivity contribution >= 4 is 5.97 Å². The van der Waals surface area contributed by atoms with Crippen molar-refractivity contribution in [2.24, 2.45) is 5.92 Å². The Labute approximate surface area is 103 Å². The highest BCUT2D eigenvalue weighted by molar-refractivity contribution is 5.67. The highest BCUT2D eigenvalue weighted by Crippen LogP contribution is 2.39. The molecule has 0 radical (unpaired) electrons. The van der Waals surface area contributed by atoms with Crippen LogP contribution in [0, 0.1) is 12.8 Å². The van der Waals surface area contributed by atoms with E-state index in [0.717, 1.165) is 12.8 Å². The largest absolute Gasteiger partial charge is 0.481 e. The molecule has 92 valence electrons. The summed E-state index contributed by atoms with van der Waals surface area (Å²) in [5, 5.41) is 8.99. The topological polar surface area (TPSA) is 37.3 Å². The molecule has 1 N–H and O–H groups in total. The summed E-state index contributed by atoms with van der Waals surface area (Å²) in [6.07, 6.45) is 4.93. The zero-order valence-corrected chi connectivity index (χ0v) is 10.4. The number of benzene rings is 1. The zero-order chi connectivity index (χ0) is 12.3. The SMILES string of the molecule is Cc1cccc(C2CCCCC2CC(=O)O)c1. The first kappa shape index (κ1) is 12.2. The van der Waals surface area contributed by atoms with Gasteiger partial charge in [0, 0.05) is 6.42 Å². The standard InChI is InChI=1S/C15H20O2/c1-11-5-4-7-12(9-11)14-8-3-2-6-13(14)10-15(16)17/h4-5,7,9,13-14H,2-3,6,8,10H2,1H3,(H,16,17). The third-order valence-electron chi connectivity index (χ3n) is 3.82. The molecule has 1 fully saturated rings. The van der Waals surface area contributed by atoms with E-state index < -0.39 is 5.97 Å². The van der Waals surface area contributed by atoms with Gasteiger partial charge in [-0.25, -0.2) is 0 Å². The average Bonchev–Trinajstić information content (AvgIpc) is 2.29. The molecule has 0 aromatic heterocycles. The van der Waals surface area contributed by atoms with Crippen LogP contribution < -0.4 is 0 Å². The summed E-state index contributed by atoms with van der Waals surface area (Å²) >= 11 is 0. The molecular formula is C15H20O2. The van der Waals surface area contributed by atoms with Gasteiger partial charge in [-0.15, -0.1) is 0 Å². The van der Waals surface area contributed by atoms with E-state index in [0.29, 0.717) is 18.3 Å². The fourth-order valence-corrected chi connectivity index (χ4v) is 3.02. The summed E-state index contributed by atoms with van der Waals surface area (Å²) in [6, 6.07) is 8.54. The third kappa shape index (κ3) is 3.09. The van der Waals surface area contributed by atoms with E-state index in [-0.39, 0.29) is 0 Å². The number of rotatable bonds is 3. The van der Waals surface area contributed by atoms with Gasteiger partial charge in [-0.1, -0.05) is 42.7 Å². The molecule has 0 heterocycles. The Hall–Kier alpha value is -1.31. The van der Waals surface area contributed by atoms with E-state index in [4.69, 9.17) is 5.11 Å². The van der Waals surface area contributed by atoms with Gasteiger partial charge in [-0.05, 0) is 37.2 Å². The molecule has 0 aliphatic heterocycles. The number of hydrogen-bond donors (Lipinski definition) is 1. The molecule has 2 heteroatoms. The highest BCUT2D eigenvalue weighted by atomic mass is 16.4. The second-order valence-corrected chi connectivity index (χ2v) is 5.16. The van der Waals surface area contributed by atoms with E-state index in [1.54, 1.807) is 0 Å². The smallest absolute Gasteiger partial charge is 0.303 e. The lowest BCUT2D eigenvalue weighted by atomic mass is 9.74. The van der Waals surface area contributed by atoms with E-state index in [9.17, 15) is 4.79 Å². The molecule has 2 atom stereocenters. The Morgan fingerprint density at radius 2 is 2.12 bits per heavy atom. The lowest BCUT2D eigenvalue weighted by molar-refractivity contribution is -0.138. The van der Waals surface area contributed by atoms with Gasteiger partial charge in [0.1, 0.15) is 0 Å². The van der Waals surface area contributed by atoms with Gasteiger partial charge in [0.25, 0.3) is 0 Å². The van der Waals surface area contributed by atoms with E-state index >= 15 is 0 Å². The molecule has 0 saturated heterocycles. The van der Waals surface area contributed by atoms with Crippen molar-refractivity contribution in [3.63, 3.8) is 0 Å². The Balaban J connectivity index is 2.18. The number of aryl methyl sites for hydroxylation is 1. The molecule has 17 heavy (non-hydrogen) atoms. The predicted octanol–water partition coefficient (Wildman–Crippen LogP) is 3.74. The predicted molar refractivity (Wildman–Crippen MR) is 68.1 cm³/mol. The van der Waals surface area contributed by atoms with E-state index in [1.807, 2.05) is 0 Å². The summed E-state index contributed by atoms with van der Waals surface area (Å²) < 4.78 is 0. The molecule has 0 bridgehead atoms. The Bertz CT molecular complexity index is 398. The second-order valence-electron chi connectivity index (χ2n) is 5.16. The minimum absolute atomic E-state index is 0.318. The maximum atomic E-state index is 10.9. The maximum absolute atomic E-state index is 10.9. The van der Waals surface area contributed by atoms with Crippen molar-refractivity contribution in [3.05, 3.63) is 35.4 Å². The molecule has 1 saturated carbocycles. The molecule has 1 aromatic rings. The van der Waals surface area contributed by atoms with Gasteiger partial charge in [-0.2, -0.15) is 0 Å². The average molecular weight is 232 g/mol. The molecule has 0 amide bonds. The van der Waals surface area contributed by atoms with Crippen molar-refractivity contribution in [1.29, 1.82) is 0 Å². The van der Waals surface area contributed by atoms with Crippen LogP contribution in [0.15, 0.2) is 24.3 Å². The van der Waals surface area contributed by atoms with E-state index in [2.05, 4.69) is 31.2 Å². The van der Waals surface area contributed by atoms with Crippen molar-refractivity contribution in [3.8, 4) is 0 Å². The molecular weight excluding hydrogens is 212 g/mol. The summed E-state index contributed by atoms with van der Waals surface area (Å²) in [7, 11) is 0. The van der Waals surface area contributed by atoms with Crippen LogP contribution >= 0.6 is 0 Å². The zero-order valence-electron chi connectivity index (χ0n) is 10.4. The summed E-state index contributed by atoms with van der Waals surface area (Å²) in [5.74, 6) is 0.109. The molecule has 2 unspecified atom stereocenters. The number of carboxylic acid groups (broad SMARTS) is 1. The second kappa shape index (κ2) is 5.35. The number of hydrogen-bond acceptors (Lipinski definition) is 1. The van der Waals surface area contributed by atoms with Crippen molar-refractivity contribution in [2.75, 3.05) is 0 Å². The van der Waals surface area contributed by atoms with Gasteiger partial charge in [0.15, 0.2) is 0 Å². The van der Waals surface area contributed by atoms with Gasteiger partial charge >= 0.3 is 5.97 Å². The summed E-state index contributed by atoms with van der Waals surface area (Å²) in [5.41, 5.74) is 2.60. The van der Waals surface area contributed by atoms with Gasteiger partial charge in [0.05, 0.1) is 0 Å². The highest BCUT2D eigenvalue weighted by Gasteiger charge is 2.28. The summed E-state index contributed by atoms with van der Waals surface area (Å²) in [4.78, 5) is 10.9. The first-order chi connectivity index (χ1) is 8.16. The first-order valence-electron chi connectivity index (χ1n) is 6.45. The Morgan fingerprint density at radius 3 is 2.82 bits per heavy atom. The van der Waals surface area contributed by atoms with Crippen molar-refractivity contribution in [2.45, 2.75) is 44.9 Å². The van der Waals surface area contributed by atoms with Gasteiger partial charge in [0.2, 0.25) is 0 Å². The number of carboxylic acids is 1. The fraction of sp³-hybridized carbons (Fsp3) is 0.533. The van der Waals surface area contributed by atoms with Crippen LogP contribution in [-0.2, 0) is 4.79 Å². The van der Waals surface area contributed by atoms with Crippen LogP contribution in [0.25, 0.3) is 0 Å². The van der Waals surface area contributed by atoms with Crippen LogP contribution in [0.4, 0.5) is 0 Å². The number of carbonyl (C=O) groups is 1. The molecule has 1 aliphatic carbocycles. The Kier molecular flexibility index (Phi) is 3.82. The fourth-order valence-electron chi connectivity index (χ4n) is 3.02. The quantitative estimate of drug-likeness (QED) is 0.861. The van der Waals surface area contributed by atoms with Gasteiger partial charge in [-0.3, -0.25) is 4.79 Å². The number of aliphatic carboxylic acids is 1. The summed E-state index contributed by atoms with van der Waals surface area (Å²) in [6.45, 7) is 2.10. The molecule has 1 aliphatic rings. The first-order valence-corrected chi connectivity index (χ1v) is 6.45. The molecule has 0 spiro atoms. The molecule has 2 rings (SSSR count). The molecule has 2 nitrogen and oxygen atoms in total. The van der Waals surface area contributed by atoms with Crippen molar-refractivity contribution < 1.29 is 9.90 Å². The van der Waals surface area contributed by atoms with Crippen molar-refractivity contribution in [1.82, 2.24) is 0 Å². The third-order valence-corrected chi connectivity index (χ3v) is 3.82. The van der Waals surface area contributed by atoms with Crippen LogP contribution in [0.3, 0.4) is 0 Å². The monoisotopic (exact) mass is 232 g/mol. The molecule has 1 aromatic carbocycles. The minimum atomic E-state index is -0.658. The van der Waals surface area contributed by atoms with E-state index in [1.165, 1.54) is 24.0 Å². The van der Waals surface area contributed by atoms with Crippen LogP contribution in [-0.4, -0.2) is 11.1 Å². The normalized spacial score (nSPS) is 24.5. The van der Waals surface area contributed by atoms with Crippen LogP contribution in [0.2, 0.25) is 0 Å². The van der Waals surface area contributed by atoms with Gasteiger partial charge < -0.3 is 5.11 Å². The lowest BCUT2D eigenvalue weighted by Crippen LogP contribution is -2.20. The van der Waals surface area contributed by atoms with Crippen LogP contribution in [0.5, 0.6) is 0 Å². The lowest BCUT2D eigenvalue weighted by Gasteiger charge is -2.31. The van der Waals surface area contributed by atoms with Crippen LogP contribution in [0.1, 0.15) is 49.1 Å². The maximum Gasteiger partial charge on any atom is 0.303 e. The Morgan fingerprint density at radius 1 is 1.35 bits per heavy atom. The minimum Gasteiger partial charge on any atom is -0.481 e.